The molecule has 0 fully saturated rings. The first kappa shape index (κ1) is 12.7. The second-order valence-corrected chi connectivity index (χ2v) is 3.76. The molecule has 1 aromatic carbocycles. The minimum atomic E-state index is -4.40. The van der Waals surface area contributed by atoms with Gasteiger partial charge in [0.2, 0.25) is 0 Å². The molecule has 0 aliphatic carbocycles. The Balaban J connectivity index is 2.21. The molecular formula is C10H7ClF3N3O. The van der Waals surface area contributed by atoms with Gasteiger partial charge >= 0.3 is 12.2 Å². The third-order valence-corrected chi connectivity index (χ3v) is 2.26. The van der Waals surface area contributed by atoms with Gasteiger partial charge in [0, 0.05) is 0 Å². The van der Waals surface area contributed by atoms with Crippen molar-refractivity contribution in [2.24, 2.45) is 0 Å². The monoisotopic (exact) mass is 277 g/mol. The maximum absolute atomic E-state index is 12.2. The third-order valence-electron chi connectivity index (χ3n) is 1.95. The van der Waals surface area contributed by atoms with Crippen LogP contribution in [-0.2, 0) is 6.54 Å². The number of benzene rings is 1. The van der Waals surface area contributed by atoms with E-state index >= 15 is 0 Å². The van der Waals surface area contributed by atoms with Crippen LogP contribution in [0.1, 0.15) is 0 Å². The van der Waals surface area contributed by atoms with Gasteiger partial charge < -0.3 is 4.74 Å². The Hall–Kier alpha value is -1.76. The highest BCUT2D eigenvalue weighted by atomic mass is 35.5. The molecular weight excluding hydrogens is 271 g/mol. The minimum Gasteiger partial charge on any atom is -0.423 e. The molecule has 8 heteroatoms. The van der Waals surface area contributed by atoms with Gasteiger partial charge in [0.05, 0.1) is 5.02 Å². The van der Waals surface area contributed by atoms with Crippen molar-refractivity contribution < 1.29 is 17.9 Å². The predicted molar refractivity (Wildman–Crippen MR) is 57.6 cm³/mol. The van der Waals surface area contributed by atoms with E-state index in [1.165, 1.54) is 6.07 Å². The molecule has 0 radical (unpaired) electrons. The van der Waals surface area contributed by atoms with Gasteiger partial charge in [-0.25, -0.2) is 4.68 Å². The van der Waals surface area contributed by atoms with Gasteiger partial charge in [-0.05, 0) is 12.1 Å². The molecule has 0 saturated carbocycles. The summed E-state index contributed by atoms with van der Waals surface area (Å²) in [6.07, 6.45) is -3.41. The van der Waals surface area contributed by atoms with Crippen LogP contribution in [-0.4, -0.2) is 20.9 Å². The quantitative estimate of drug-likeness (QED) is 0.864. The Morgan fingerprint density at radius 3 is 2.67 bits per heavy atom. The van der Waals surface area contributed by atoms with Crippen molar-refractivity contribution in [3.05, 3.63) is 35.6 Å². The van der Waals surface area contributed by atoms with Crippen molar-refractivity contribution in [2.45, 2.75) is 12.7 Å². The number of hydrogen-bond acceptors (Lipinski definition) is 3. The van der Waals surface area contributed by atoms with Crippen LogP contribution in [0.3, 0.4) is 0 Å². The lowest BCUT2D eigenvalue weighted by Gasteiger charge is -2.10. The van der Waals surface area contributed by atoms with E-state index in [0.29, 0.717) is 4.68 Å². The van der Waals surface area contributed by atoms with Gasteiger partial charge in [-0.2, -0.15) is 23.3 Å². The molecule has 2 rings (SSSR count). The molecule has 96 valence electrons. The Kier molecular flexibility index (Phi) is 3.42. The smallest absolute Gasteiger partial charge is 0.408 e. The Morgan fingerprint density at radius 2 is 2.00 bits per heavy atom. The van der Waals surface area contributed by atoms with Crippen LogP contribution in [0.15, 0.2) is 30.6 Å². The third kappa shape index (κ3) is 3.13. The molecule has 4 nitrogen and oxygen atoms in total. The molecule has 2 aromatic rings. The number of hydrogen-bond donors (Lipinski definition) is 0. The first-order valence-electron chi connectivity index (χ1n) is 4.82. The van der Waals surface area contributed by atoms with E-state index in [4.69, 9.17) is 16.3 Å². The van der Waals surface area contributed by atoms with Crippen LogP contribution in [0.5, 0.6) is 11.8 Å². The van der Waals surface area contributed by atoms with Crippen LogP contribution in [0.2, 0.25) is 5.02 Å². The van der Waals surface area contributed by atoms with Crippen LogP contribution in [0, 0.1) is 0 Å². The topological polar surface area (TPSA) is 39.9 Å². The van der Waals surface area contributed by atoms with Crippen molar-refractivity contribution in [2.75, 3.05) is 0 Å². The maximum atomic E-state index is 12.2. The number of nitrogens with zero attached hydrogens (tertiary/aromatic N) is 3. The summed E-state index contributed by atoms with van der Waals surface area (Å²) in [5.41, 5.74) is 0. The largest absolute Gasteiger partial charge is 0.423 e. The van der Waals surface area contributed by atoms with E-state index < -0.39 is 12.7 Å². The summed E-state index contributed by atoms with van der Waals surface area (Å²) in [5.74, 6) is 0.218. The molecule has 0 aliphatic rings. The number of rotatable bonds is 3. The summed E-state index contributed by atoms with van der Waals surface area (Å²) in [6.45, 7) is -1.27. The number of aromatic nitrogens is 3. The Labute approximate surface area is 105 Å². The van der Waals surface area contributed by atoms with Crippen LogP contribution >= 0.6 is 11.6 Å². The highest BCUT2D eigenvalue weighted by Gasteiger charge is 2.30. The molecule has 0 unspecified atom stereocenters. The number of alkyl halides is 3. The van der Waals surface area contributed by atoms with Crippen molar-refractivity contribution in [1.29, 1.82) is 0 Å². The predicted octanol–water partition coefficient (Wildman–Crippen LogP) is 3.29. The lowest BCUT2D eigenvalue weighted by Crippen LogP contribution is -2.19. The SMILES string of the molecule is FC(F)(F)Cn1ncnc1Oc1ccccc1Cl. The lowest BCUT2D eigenvalue weighted by atomic mass is 10.3. The van der Waals surface area contributed by atoms with Crippen molar-refractivity contribution in [3.63, 3.8) is 0 Å². The lowest BCUT2D eigenvalue weighted by molar-refractivity contribution is -0.143. The van der Waals surface area contributed by atoms with E-state index in [1.807, 2.05) is 0 Å². The van der Waals surface area contributed by atoms with Crippen LogP contribution in [0.25, 0.3) is 0 Å². The second kappa shape index (κ2) is 4.85. The molecule has 0 bridgehead atoms. The fourth-order valence-corrected chi connectivity index (χ4v) is 1.41. The van der Waals surface area contributed by atoms with Gasteiger partial charge in [0.25, 0.3) is 0 Å². The maximum Gasteiger partial charge on any atom is 0.408 e. The normalized spacial score (nSPS) is 11.6. The van der Waals surface area contributed by atoms with Crippen LogP contribution < -0.4 is 4.74 Å². The molecule has 0 saturated heterocycles. The molecule has 0 amide bonds. The van der Waals surface area contributed by atoms with Gasteiger partial charge in [-0.3, -0.25) is 0 Å². The summed E-state index contributed by atoms with van der Waals surface area (Å²) < 4.78 is 42.5. The van der Waals surface area contributed by atoms with Gasteiger partial charge in [0.1, 0.15) is 18.6 Å². The highest BCUT2D eigenvalue weighted by molar-refractivity contribution is 6.32. The second-order valence-electron chi connectivity index (χ2n) is 3.35. The average molecular weight is 278 g/mol. The molecule has 0 spiro atoms. The zero-order valence-electron chi connectivity index (χ0n) is 8.86. The van der Waals surface area contributed by atoms with E-state index in [0.717, 1.165) is 6.33 Å². The van der Waals surface area contributed by atoms with Gasteiger partial charge in [0.15, 0.2) is 0 Å². The number of para-hydroxylation sites is 1. The number of ether oxygens (including phenoxy) is 1. The number of halogens is 4. The average Bonchev–Trinajstić information content (AvgIpc) is 2.67. The zero-order valence-corrected chi connectivity index (χ0v) is 9.61. The molecule has 1 aromatic heterocycles. The summed E-state index contributed by atoms with van der Waals surface area (Å²) in [7, 11) is 0. The zero-order chi connectivity index (χ0) is 13.2. The summed E-state index contributed by atoms with van der Waals surface area (Å²) in [6, 6.07) is 6.14. The molecule has 18 heavy (non-hydrogen) atoms. The molecule has 1 heterocycles. The Morgan fingerprint density at radius 1 is 1.28 bits per heavy atom. The van der Waals surface area contributed by atoms with Crippen molar-refractivity contribution in [3.8, 4) is 11.8 Å². The standard InChI is InChI=1S/C10H7ClF3N3O/c11-7-3-1-2-4-8(7)18-9-15-6-16-17(9)5-10(12,13)14/h1-4,6H,5H2. The molecule has 0 aliphatic heterocycles. The first-order chi connectivity index (χ1) is 8.46. The highest BCUT2D eigenvalue weighted by Crippen LogP contribution is 2.28. The van der Waals surface area contributed by atoms with Crippen molar-refractivity contribution in [1.82, 2.24) is 14.8 Å². The van der Waals surface area contributed by atoms with E-state index in [1.54, 1.807) is 18.2 Å². The fraction of sp³-hybridized carbons (Fsp3) is 0.200. The first-order valence-corrected chi connectivity index (χ1v) is 5.20. The minimum absolute atomic E-state index is 0.218. The fourth-order valence-electron chi connectivity index (χ4n) is 1.24. The van der Waals surface area contributed by atoms with Gasteiger partial charge in [-0.1, -0.05) is 23.7 Å². The van der Waals surface area contributed by atoms with E-state index in [2.05, 4.69) is 10.1 Å². The van der Waals surface area contributed by atoms with Crippen molar-refractivity contribution >= 4 is 11.6 Å². The molecule has 0 atom stereocenters. The molecule has 0 N–H and O–H groups in total. The summed E-state index contributed by atoms with van der Waals surface area (Å²) in [4.78, 5) is 3.61. The Bertz CT molecular complexity index is 541. The van der Waals surface area contributed by atoms with Crippen LogP contribution in [0.4, 0.5) is 13.2 Å². The summed E-state index contributed by atoms with van der Waals surface area (Å²) in [5, 5.41) is 3.72. The van der Waals surface area contributed by atoms with E-state index in [9.17, 15) is 13.2 Å². The summed E-state index contributed by atoms with van der Waals surface area (Å²) >= 11 is 5.82. The van der Waals surface area contributed by atoms with E-state index in [-0.39, 0.29) is 16.8 Å². The van der Waals surface area contributed by atoms with Gasteiger partial charge in [-0.15, -0.1) is 0 Å².